The van der Waals surface area contributed by atoms with Gasteiger partial charge in [-0.1, -0.05) is 23.7 Å². The molecule has 1 aliphatic rings. The van der Waals surface area contributed by atoms with Gasteiger partial charge in [0.1, 0.15) is 0 Å². The maximum Gasteiger partial charge on any atom is 0.164 e. The Morgan fingerprint density at radius 2 is 2.36 bits per heavy atom. The fourth-order valence-electron chi connectivity index (χ4n) is 3.13. The summed E-state index contributed by atoms with van der Waals surface area (Å²) in [4.78, 5) is 0. The van der Waals surface area contributed by atoms with Crippen LogP contribution in [0.4, 0.5) is 0 Å². The number of benzene rings is 1. The van der Waals surface area contributed by atoms with Crippen molar-refractivity contribution in [1.29, 1.82) is 0 Å². The Labute approximate surface area is 139 Å². The molecule has 5 nitrogen and oxygen atoms in total. The van der Waals surface area contributed by atoms with E-state index in [2.05, 4.69) is 10.0 Å². The van der Waals surface area contributed by atoms with Gasteiger partial charge in [-0.15, -0.1) is 0 Å². The zero-order valence-electron chi connectivity index (χ0n) is 12.6. The number of hydrogen-bond acceptors (Lipinski definition) is 3. The van der Waals surface area contributed by atoms with E-state index in [9.17, 15) is 9.32 Å². The third-order valence-electron chi connectivity index (χ3n) is 4.28. The van der Waals surface area contributed by atoms with Gasteiger partial charge in [-0.2, -0.15) is 0 Å². The van der Waals surface area contributed by atoms with Crippen LogP contribution in [0.25, 0.3) is 0 Å². The van der Waals surface area contributed by atoms with Crippen molar-refractivity contribution >= 4 is 22.8 Å². The van der Waals surface area contributed by atoms with E-state index in [4.69, 9.17) is 16.7 Å². The Hall–Kier alpha value is -0.500. The molecule has 7 heteroatoms. The summed E-state index contributed by atoms with van der Waals surface area (Å²) in [5, 5.41) is 20.5. The van der Waals surface area contributed by atoms with Crippen LogP contribution in [0.5, 0.6) is 0 Å². The molecule has 1 aromatic rings. The fraction of sp³-hybridized carbons (Fsp3) is 0.600. The third-order valence-corrected chi connectivity index (χ3v) is 5.00. The van der Waals surface area contributed by atoms with Crippen molar-refractivity contribution < 1.29 is 9.32 Å². The molecule has 0 amide bonds. The molecule has 0 aliphatic carbocycles. The molecule has 1 aliphatic heterocycles. The molecule has 3 atom stereocenters. The van der Waals surface area contributed by atoms with E-state index in [1.165, 1.54) is 0 Å². The Morgan fingerprint density at radius 1 is 1.55 bits per heavy atom. The van der Waals surface area contributed by atoms with E-state index in [1.807, 2.05) is 24.3 Å². The minimum atomic E-state index is -1.51. The number of rotatable bonds is 7. The predicted molar refractivity (Wildman–Crippen MR) is 90.5 cm³/mol. The van der Waals surface area contributed by atoms with Crippen LogP contribution in [0.15, 0.2) is 24.3 Å². The van der Waals surface area contributed by atoms with Gasteiger partial charge in [0.2, 0.25) is 0 Å². The number of hydrogen-bond donors (Lipinski definition) is 4. The normalized spacial score (nSPS) is 23.0. The second kappa shape index (κ2) is 8.38. The van der Waals surface area contributed by atoms with Gasteiger partial charge in [-0.05, 0) is 49.9 Å². The molecule has 1 fully saturated rings. The summed E-state index contributed by atoms with van der Waals surface area (Å²) in [6, 6.07) is 7.44. The van der Waals surface area contributed by atoms with Gasteiger partial charge in [0.05, 0.1) is 5.60 Å². The number of halogens is 1. The molecule has 1 saturated heterocycles. The van der Waals surface area contributed by atoms with Gasteiger partial charge in [0, 0.05) is 24.0 Å². The molecule has 1 heterocycles. The quantitative estimate of drug-likeness (QED) is 0.564. The first-order valence-electron chi connectivity index (χ1n) is 7.61. The van der Waals surface area contributed by atoms with Crippen molar-refractivity contribution in [3.8, 4) is 0 Å². The van der Waals surface area contributed by atoms with Crippen molar-refractivity contribution in [1.82, 2.24) is 10.0 Å². The summed E-state index contributed by atoms with van der Waals surface area (Å²) in [6.45, 7) is 2.29. The van der Waals surface area contributed by atoms with Crippen LogP contribution >= 0.6 is 11.6 Å². The first kappa shape index (κ1) is 17.8. The summed E-state index contributed by atoms with van der Waals surface area (Å²) in [5.41, 5.74) is -0.0848. The average Bonchev–Trinajstić information content (AvgIpc) is 2.52. The molecule has 22 heavy (non-hydrogen) atoms. The number of nitrogens with one attached hydrogen (secondary N) is 2. The topological polar surface area (TPSA) is 87.4 Å². The van der Waals surface area contributed by atoms with Gasteiger partial charge in [-0.3, -0.25) is 0 Å². The van der Waals surface area contributed by atoms with Gasteiger partial charge in [0.15, 0.2) is 11.2 Å². The summed E-state index contributed by atoms with van der Waals surface area (Å²) >= 11 is 4.59. The highest BCUT2D eigenvalue weighted by molar-refractivity contribution is 7.80. The Morgan fingerprint density at radius 3 is 3.00 bits per heavy atom. The van der Waals surface area contributed by atoms with Crippen LogP contribution < -0.4 is 15.2 Å². The smallest absolute Gasteiger partial charge is 0.164 e. The zero-order chi connectivity index (χ0) is 16.0. The average molecular weight is 346 g/mol. The highest BCUT2D eigenvalue weighted by Crippen LogP contribution is 2.38. The lowest BCUT2D eigenvalue weighted by atomic mass is 9.74. The van der Waals surface area contributed by atoms with Gasteiger partial charge >= 0.3 is 0 Å². The first-order chi connectivity index (χ1) is 10.5. The van der Waals surface area contributed by atoms with E-state index in [0.717, 1.165) is 31.5 Å². The lowest BCUT2D eigenvalue weighted by Crippen LogP contribution is -2.44. The van der Waals surface area contributed by atoms with E-state index >= 15 is 0 Å². The molecule has 0 radical (unpaired) electrons. The Kier molecular flexibility index (Phi) is 6.80. The van der Waals surface area contributed by atoms with Crippen LogP contribution in [0.1, 0.15) is 31.2 Å². The van der Waals surface area contributed by atoms with Crippen LogP contribution in [-0.4, -0.2) is 28.9 Å². The summed E-state index contributed by atoms with van der Waals surface area (Å²) in [7, 11) is 0. The van der Waals surface area contributed by atoms with Gasteiger partial charge in [-0.25, -0.2) is 14.1 Å². The Bertz CT molecular complexity index is 511. The summed E-state index contributed by atoms with van der Waals surface area (Å²) in [5.74, 6) is 0.142. The van der Waals surface area contributed by atoms with Crippen molar-refractivity contribution in [3.63, 3.8) is 0 Å². The van der Waals surface area contributed by atoms with Crippen molar-refractivity contribution in [2.24, 2.45) is 11.1 Å². The fourth-order valence-corrected chi connectivity index (χ4v) is 3.67. The van der Waals surface area contributed by atoms with Crippen molar-refractivity contribution in [2.75, 3.05) is 19.6 Å². The molecule has 2 rings (SSSR count). The molecule has 0 bridgehead atoms. The second-order valence-corrected chi connectivity index (χ2v) is 7.09. The molecule has 1 aromatic carbocycles. The highest BCUT2D eigenvalue weighted by atomic mass is 35.5. The van der Waals surface area contributed by atoms with Crippen LogP contribution in [0.3, 0.4) is 0 Å². The monoisotopic (exact) mass is 345 g/mol. The van der Waals surface area contributed by atoms with Gasteiger partial charge < -0.3 is 10.4 Å². The molecule has 5 N–H and O–H groups in total. The zero-order valence-corrected chi connectivity index (χ0v) is 14.1. The number of piperidine rings is 1. The number of aliphatic hydroxyl groups is 1. The van der Waals surface area contributed by atoms with E-state index in [1.54, 1.807) is 0 Å². The largest absolute Gasteiger partial charge is 0.385 e. The lowest BCUT2D eigenvalue weighted by molar-refractivity contribution is -0.0418. The first-order valence-corrected chi connectivity index (χ1v) is 9.20. The maximum absolute atomic E-state index is 11.4. The van der Waals surface area contributed by atoms with Crippen LogP contribution in [0.2, 0.25) is 5.02 Å². The van der Waals surface area contributed by atoms with Crippen molar-refractivity contribution in [3.05, 3.63) is 34.9 Å². The lowest BCUT2D eigenvalue weighted by Gasteiger charge is -2.39. The van der Waals surface area contributed by atoms with Crippen LogP contribution in [-0.2, 0) is 16.8 Å². The van der Waals surface area contributed by atoms with E-state index in [0.29, 0.717) is 24.4 Å². The molecule has 0 saturated carbocycles. The summed E-state index contributed by atoms with van der Waals surface area (Å²) in [6.07, 6.45) is 3.29. The van der Waals surface area contributed by atoms with Crippen molar-refractivity contribution in [2.45, 2.75) is 31.3 Å². The van der Waals surface area contributed by atoms with Gasteiger partial charge in [0.25, 0.3) is 0 Å². The molecule has 3 unspecified atom stereocenters. The minimum absolute atomic E-state index is 0.142. The summed E-state index contributed by atoms with van der Waals surface area (Å²) < 4.78 is 13.6. The second-order valence-electron chi connectivity index (χ2n) is 5.77. The predicted octanol–water partition coefficient (Wildman–Crippen LogP) is 1.43. The molecule has 0 spiro atoms. The Balaban J connectivity index is 2.13. The minimum Gasteiger partial charge on any atom is -0.385 e. The molecular weight excluding hydrogens is 322 g/mol. The third kappa shape index (κ3) is 4.75. The molecule has 0 aromatic heterocycles. The highest BCUT2D eigenvalue weighted by Gasteiger charge is 2.38. The number of nitrogens with two attached hydrogens (primary N) is 1. The SMILES string of the molecule is NS(=O)NCCCC(O)(c1cccc(Cl)c1)C1CCCNC1. The molecular formula is C15H24ClN3O2S. The van der Waals surface area contributed by atoms with Crippen LogP contribution in [0, 0.1) is 5.92 Å². The maximum atomic E-state index is 11.4. The molecule has 124 valence electrons. The standard InChI is InChI=1S/C15H24ClN3O2S/c16-14-6-1-4-12(10-14)15(20,7-3-9-19-22(17)21)13-5-2-8-18-11-13/h1,4,6,10,13,18-20H,2-3,5,7-9,11,17H2. The van der Waals surface area contributed by atoms with E-state index < -0.39 is 16.8 Å². The van der Waals surface area contributed by atoms with E-state index in [-0.39, 0.29) is 5.92 Å².